The minimum Gasteiger partial charge on any atom is -0.482 e. The Balaban J connectivity index is 1.72. The van der Waals surface area contributed by atoms with E-state index in [9.17, 15) is 14.4 Å². The van der Waals surface area contributed by atoms with Crippen LogP contribution >= 0.6 is 11.6 Å². The zero-order chi connectivity index (χ0) is 18.2. The summed E-state index contributed by atoms with van der Waals surface area (Å²) in [6.07, 6.45) is 1.38. The van der Waals surface area contributed by atoms with Crippen LogP contribution in [-0.4, -0.2) is 35.9 Å². The second-order valence-corrected chi connectivity index (χ2v) is 5.38. The minimum atomic E-state index is -0.699. The van der Waals surface area contributed by atoms with Crippen LogP contribution in [-0.2, 0) is 14.3 Å². The highest BCUT2D eigenvalue weighted by Gasteiger charge is 2.09. The monoisotopic (exact) mass is 362 g/mol. The van der Waals surface area contributed by atoms with E-state index < -0.39 is 18.5 Å². The van der Waals surface area contributed by atoms with E-state index in [0.717, 1.165) is 0 Å². The summed E-state index contributed by atoms with van der Waals surface area (Å²) in [4.78, 5) is 38.3. The molecule has 2 aromatic rings. The lowest BCUT2D eigenvalue weighted by Crippen LogP contribution is -2.24. The molecule has 0 aliphatic carbocycles. The number of ether oxygens (including phenoxy) is 2. The summed E-state index contributed by atoms with van der Waals surface area (Å²) in [6, 6.07) is 9.42. The van der Waals surface area contributed by atoms with Crippen molar-refractivity contribution in [1.82, 2.24) is 4.98 Å². The third-order valence-corrected chi connectivity index (χ3v) is 3.20. The standard InChI is InChI=1S/C17H15ClN2O5/c1-11(21)12-2-5-14(6-3-12)24-10-17(23)25-9-16(22)20-15-7-4-13(18)8-19-15/h2-8H,9-10H2,1H3,(H,19,20,22). The van der Waals surface area contributed by atoms with Crippen LogP contribution in [0.5, 0.6) is 5.75 Å². The first-order valence-electron chi connectivity index (χ1n) is 7.25. The molecule has 130 valence electrons. The molecular formula is C17H15ClN2O5. The van der Waals surface area contributed by atoms with E-state index >= 15 is 0 Å². The molecule has 0 fully saturated rings. The average molecular weight is 363 g/mol. The second kappa shape index (κ2) is 8.79. The quantitative estimate of drug-likeness (QED) is 0.600. The third kappa shape index (κ3) is 6.23. The summed E-state index contributed by atoms with van der Waals surface area (Å²) in [6.45, 7) is 0.638. The Morgan fingerprint density at radius 3 is 2.40 bits per heavy atom. The van der Waals surface area contributed by atoms with Crippen molar-refractivity contribution in [3.05, 3.63) is 53.2 Å². The molecule has 1 N–H and O–H groups in total. The van der Waals surface area contributed by atoms with Crippen molar-refractivity contribution >= 4 is 35.1 Å². The second-order valence-electron chi connectivity index (χ2n) is 4.94. The highest BCUT2D eigenvalue weighted by molar-refractivity contribution is 6.30. The number of hydrogen-bond donors (Lipinski definition) is 1. The van der Waals surface area contributed by atoms with E-state index in [0.29, 0.717) is 22.2 Å². The molecule has 0 unspecified atom stereocenters. The fourth-order valence-electron chi connectivity index (χ4n) is 1.74. The van der Waals surface area contributed by atoms with Gasteiger partial charge >= 0.3 is 5.97 Å². The first kappa shape index (κ1) is 18.4. The number of nitrogens with one attached hydrogen (secondary N) is 1. The summed E-state index contributed by atoms with van der Waals surface area (Å²) < 4.78 is 10.0. The van der Waals surface area contributed by atoms with Gasteiger partial charge in [0.1, 0.15) is 11.6 Å². The number of hydrogen-bond acceptors (Lipinski definition) is 6. The molecule has 0 radical (unpaired) electrons. The normalized spacial score (nSPS) is 10.0. The number of anilines is 1. The van der Waals surface area contributed by atoms with Crippen LogP contribution in [0, 0.1) is 0 Å². The van der Waals surface area contributed by atoms with E-state index in [2.05, 4.69) is 10.3 Å². The van der Waals surface area contributed by atoms with Gasteiger partial charge in [-0.2, -0.15) is 0 Å². The van der Waals surface area contributed by atoms with Crippen LogP contribution in [0.3, 0.4) is 0 Å². The lowest BCUT2D eigenvalue weighted by molar-refractivity contribution is -0.149. The molecule has 0 atom stereocenters. The van der Waals surface area contributed by atoms with Gasteiger partial charge in [0.05, 0.1) is 5.02 Å². The molecule has 0 aliphatic rings. The van der Waals surface area contributed by atoms with Crippen molar-refractivity contribution in [1.29, 1.82) is 0 Å². The molecule has 2 rings (SSSR count). The van der Waals surface area contributed by atoms with Crippen LogP contribution in [0.4, 0.5) is 5.82 Å². The van der Waals surface area contributed by atoms with E-state index in [1.807, 2.05) is 0 Å². The maximum atomic E-state index is 11.6. The molecule has 25 heavy (non-hydrogen) atoms. The van der Waals surface area contributed by atoms with Crippen molar-refractivity contribution < 1.29 is 23.9 Å². The van der Waals surface area contributed by atoms with E-state index in [1.54, 1.807) is 30.3 Å². The van der Waals surface area contributed by atoms with Crippen LogP contribution in [0.25, 0.3) is 0 Å². The van der Waals surface area contributed by atoms with E-state index in [4.69, 9.17) is 21.1 Å². The summed E-state index contributed by atoms with van der Waals surface area (Å²) in [5.41, 5.74) is 0.544. The van der Waals surface area contributed by atoms with E-state index in [-0.39, 0.29) is 12.4 Å². The van der Waals surface area contributed by atoms with Gasteiger partial charge in [0, 0.05) is 11.8 Å². The molecule has 1 aromatic carbocycles. The first-order chi connectivity index (χ1) is 11.9. The highest BCUT2D eigenvalue weighted by atomic mass is 35.5. The Bertz CT molecular complexity index is 760. The third-order valence-electron chi connectivity index (χ3n) is 2.98. The Hall–Kier alpha value is -2.93. The molecule has 1 amide bonds. The van der Waals surface area contributed by atoms with Crippen molar-refractivity contribution in [2.45, 2.75) is 6.92 Å². The molecule has 0 bridgehead atoms. The predicted molar refractivity (Wildman–Crippen MR) is 90.8 cm³/mol. The molecule has 8 heteroatoms. The summed E-state index contributed by atoms with van der Waals surface area (Å²) in [7, 11) is 0. The summed E-state index contributed by atoms with van der Waals surface area (Å²) >= 11 is 5.69. The van der Waals surface area contributed by atoms with Gasteiger partial charge in [-0.15, -0.1) is 0 Å². The summed E-state index contributed by atoms with van der Waals surface area (Å²) in [5, 5.41) is 2.90. The highest BCUT2D eigenvalue weighted by Crippen LogP contribution is 2.12. The molecule has 0 aliphatic heterocycles. The van der Waals surface area contributed by atoms with Gasteiger partial charge in [-0.1, -0.05) is 11.6 Å². The van der Waals surface area contributed by atoms with Crippen molar-refractivity contribution in [3.63, 3.8) is 0 Å². The number of Topliss-reactive ketones (excluding diaryl/α,β-unsaturated/α-hetero) is 1. The minimum absolute atomic E-state index is 0.0628. The van der Waals surface area contributed by atoms with Gasteiger partial charge in [0.2, 0.25) is 0 Å². The molecule has 1 heterocycles. The van der Waals surface area contributed by atoms with Crippen LogP contribution in [0.15, 0.2) is 42.6 Å². The number of halogens is 1. The maximum absolute atomic E-state index is 11.6. The van der Waals surface area contributed by atoms with Gasteiger partial charge in [-0.05, 0) is 43.3 Å². The Kier molecular flexibility index (Phi) is 6.47. The molecule has 0 saturated heterocycles. The first-order valence-corrected chi connectivity index (χ1v) is 7.62. The maximum Gasteiger partial charge on any atom is 0.344 e. The van der Waals surface area contributed by atoms with Crippen LogP contribution < -0.4 is 10.1 Å². The number of nitrogens with zero attached hydrogens (tertiary/aromatic N) is 1. The Labute approximate surface area is 148 Å². The number of benzene rings is 1. The molecule has 7 nitrogen and oxygen atoms in total. The fraction of sp³-hybridized carbons (Fsp3) is 0.176. The van der Waals surface area contributed by atoms with Crippen LogP contribution in [0.2, 0.25) is 5.02 Å². The van der Waals surface area contributed by atoms with Crippen molar-refractivity contribution in [2.24, 2.45) is 0 Å². The van der Waals surface area contributed by atoms with Gasteiger partial charge in [-0.25, -0.2) is 9.78 Å². The summed E-state index contributed by atoms with van der Waals surface area (Å²) in [5.74, 6) is -0.583. The largest absolute Gasteiger partial charge is 0.482 e. The lowest BCUT2D eigenvalue weighted by atomic mass is 10.1. The average Bonchev–Trinajstić information content (AvgIpc) is 2.60. The molecular weight excluding hydrogens is 348 g/mol. The van der Waals surface area contributed by atoms with Gasteiger partial charge < -0.3 is 14.8 Å². The number of carbonyl (C=O) groups excluding carboxylic acids is 3. The Morgan fingerprint density at radius 1 is 1.08 bits per heavy atom. The lowest BCUT2D eigenvalue weighted by Gasteiger charge is -2.08. The zero-order valence-electron chi connectivity index (χ0n) is 13.3. The van der Waals surface area contributed by atoms with Gasteiger partial charge in [-0.3, -0.25) is 9.59 Å². The van der Waals surface area contributed by atoms with Gasteiger partial charge in [0.25, 0.3) is 5.91 Å². The predicted octanol–water partition coefficient (Wildman–Crippen LogP) is 2.50. The molecule has 0 saturated carbocycles. The topological polar surface area (TPSA) is 94.6 Å². The van der Waals surface area contributed by atoms with Crippen molar-refractivity contribution in [2.75, 3.05) is 18.5 Å². The van der Waals surface area contributed by atoms with Crippen LogP contribution in [0.1, 0.15) is 17.3 Å². The number of aromatic nitrogens is 1. The zero-order valence-corrected chi connectivity index (χ0v) is 14.1. The number of esters is 1. The number of rotatable bonds is 7. The SMILES string of the molecule is CC(=O)c1ccc(OCC(=O)OCC(=O)Nc2ccc(Cl)cn2)cc1. The van der Waals surface area contributed by atoms with E-state index in [1.165, 1.54) is 19.2 Å². The fourth-order valence-corrected chi connectivity index (χ4v) is 1.86. The number of ketones is 1. The number of pyridine rings is 1. The number of amides is 1. The molecule has 1 aromatic heterocycles. The smallest absolute Gasteiger partial charge is 0.344 e. The molecule has 0 spiro atoms. The van der Waals surface area contributed by atoms with Crippen molar-refractivity contribution in [3.8, 4) is 5.75 Å². The van der Waals surface area contributed by atoms with Gasteiger partial charge in [0.15, 0.2) is 19.0 Å². The Morgan fingerprint density at radius 2 is 1.80 bits per heavy atom. The number of carbonyl (C=O) groups is 3.